The number of halogens is 1. The van der Waals surface area contributed by atoms with Crippen LogP contribution in [0.4, 0.5) is 0 Å². The molecule has 0 amide bonds. The van der Waals surface area contributed by atoms with Crippen LogP contribution < -0.4 is 14.8 Å². The van der Waals surface area contributed by atoms with Crippen LogP contribution >= 0.6 is 12.4 Å². The zero-order valence-corrected chi connectivity index (χ0v) is 14.4. The second kappa shape index (κ2) is 6.47. The summed E-state index contributed by atoms with van der Waals surface area (Å²) in [6.07, 6.45) is 2.76. The van der Waals surface area contributed by atoms with Gasteiger partial charge in [-0.2, -0.15) is 4.31 Å². The first-order chi connectivity index (χ1) is 10.7. The summed E-state index contributed by atoms with van der Waals surface area (Å²) >= 11 is 0. The maximum absolute atomic E-state index is 13.1. The monoisotopic (exact) mass is 360 g/mol. The van der Waals surface area contributed by atoms with Crippen molar-refractivity contribution in [2.45, 2.75) is 36.2 Å². The standard InChI is InChI=1S/C15H20N2O4S.ClH/c18-22(19,17-11-1-2-12(17)10-16-6-5-11)13-3-4-14-15(9-13)21-8-7-20-14;/h3-4,9,11-12,16H,1-2,5-8,10H2;1H. The molecule has 128 valence electrons. The molecule has 4 rings (SSSR count). The van der Waals surface area contributed by atoms with Crippen LogP contribution in [0.1, 0.15) is 19.3 Å². The quantitative estimate of drug-likeness (QED) is 0.863. The van der Waals surface area contributed by atoms with Crippen LogP contribution in [0.25, 0.3) is 0 Å². The number of benzene rings is 1. The van der Waals surface area contributed by atoms with E-state index in [1.807, 2.05) is 0 Å². The molecular formula is C15H21ClN2O4S. The fourth-order valence-corrected chi connectivity index (χ4v) is 5.55. The smallest absolute Gasteiger partial charge is 0.243 e. The second-order valence-electron chi connectivity index (χ2n) is 6.02. The first kappa shape index (κ1) is 16.8. The molecule has 3 aliphatic rings. The number of hydrogen-bond acceptors (Lipinski definition) is 5. The lowest BCUT2D eigenvalue weighted by Gasteiger charge is -2.27. The third-order valence-electron chi connectivity index (χ3n) is 4.68. The van der Waals surface area contributed by atoms with Crippen molar-refractivity contribution in [3.05, 3.63) is 18.2 Å². The van der Waals surface area contributed by atoms with Gasteiger partial charge in [-0.15, -0.1) is 12.4 Å². The SMILES string of the molecule is Cl.O=S(=O)(c1ccc2c(c1)OCCO2)N1C2CCNCC1CC2. The van der Waals surface area contributed by atoms with Crippen molar-refractivity contribution in [2.75, 3.05) is 26.3 Å². The third-order valence-corrected chi connectivity index (χ3v) is 6.68. The zero-order valence-electron chi connectivity index (χ0n) is 12.7. The Morgan fingerprint density at radius 1 is 1.04 bits per heavy atom. The highest BCUT2D eigenvalue weighted by Crippen LogP contribution is 2.37. The fraction of sp³-hybridized carbons (Fsp3) is 0.600. The zero-order chi connectivity index (χ0) is 15.2. The Balaban J connectivity index is 0.00000156. The van der Waals surface area contributed by atoms with Crippen LogP contribution in [-0.2, 0) is 10.0 Å². The van der Waals surface area contributed by atoms with Crippen molar-refractivity contribution in [3.8, 4) is 11.5 Å². The lowest BCUT2D eigenvalue weighted by atomic mass is 10.1. The van der Waals surface area contributed by atoms with E-state index in [9.17, 15) is 8.42 Å². The number of nitrogens with zero attached hydrogens (tertiary/aromatic N) is 1. The van der Waals surface area contributed by atoms with Gasteiger partial charge in [0.1, 0.15) is 13.2 Å². The number of hydrogen-bond donors (Lipinski definition) is 1. The molecule has 2 unspecified atom stereocenters. The van der Waals surface area contributed by atoms with E-state index in [0.717, 1.165) is 32.4 Å². The van der Waals surface area contributed by atoms with Crippen molar-refractivity contribution in [3.63, 3.8) is 0 Å². The molecular weight excluding hydrogens is 340 g/mol. The van der Waals surface area contributed by atoms with Gasteiger partial charge in [-0.25, -0.2) is 8.42 Å². The Morgan fingerprint density at radius 2 is 1.78 bits per heavy atom. The van der Waals surface area contributed by atoms with Gasteiger partial charge in [0, 0.05) is 24.7 Å². The Hall–Kier alpha value is -1.02. The average molecular weight is 361 g/mol. The summed E-state index contributed by atoms with van der Waals surface area (Å²) in [6, 6.07) is 5.09. The van der Waals surface area contributed by atoms with Gasteiger partial charge in [-0.05, 0) is 37.9 Å². The van der Waals surface area contributed by atoms with Crippen molar-refractivity contribution in [1.29, 1.82) is 0 Å². The molecule has 0 saturated carbocycles. The number of sulfonamides is 1. The summed E-state index contributed by atoms with van der Waals surface area (Å²) < 4.78 is 38.9. The Kier molecular flexibility index (Phi) is 4.73. The molecule has 3 aliphatic heterocycles. The van der Waals surface area contributed by atoms with Gasteiger partial charge in [0.25, 0.3) is 0 Å². The lowest BCUT2D eigenvalue weighted by Crippen LogP contribution is -2.42. The molecule has 1 aromatic carbocycles. The second-order valence-corrected chi connectivity index (χ2v) is 7.86. The predicted octanol–water partition coefficient (Wildman–Crippen LogP) is 1.39. The first-order valence-electron chi connectivity index (χ1n) is 7.80. The molecule has 0 spiro atoms. The van der Waals surface area contributed by atoms with E-state index in [-0.39, 0.29) is 24.5 Å². The van der Waals surface area contributed by atoms with E-state index in [4.69, 9.17) is 9.47 Å². The normalized spacial score (nSPS) is 27.1. The minimum atomic E-state index is -3.50. The molecule has 2 atom stereocenters. The Bertz CT molecular complexity index is 668. The Morgan fingerprint density at radius 3 is 2.61 bits per heavy atom. The van der Waals surface area contributed by atoms with Crippen molar-refractivity contribution in [2.24, 2.45) is 0 Å². The molecule has 6 nitrogen and oxygen atoms in total. The van der Waals surface area contributed by atoms with E-state index in [2.05, 4.69) is 5.32 Å². The minimum Gasteiger partial charge on any atom is -0.486 e. The third kappa shape index (κ3) is 2.91. The molecule has 1 N–H and O–H groups in total. The topological polar surface area (TPSA) is 67.9 Å². The van der Waals surface area contributed by atoms with Crippen LogP contribution in [0.15, 0.2) is 23.1 Å². The molecule has 2 saturated heterocycles. The molecule has 8 heteroatoms. The average Bonchev–Trinajstić information content (AvgIpc) is 2.80. The largest absolute Gasteiger partial charge is 0.486 e. The van der Waals surface area contributed by atoms with Crippen LogP contribution in [0, 0.1) is 0 Å². The van der Waals surface area contributed by atoms with Gasteiger partial charge in [0.15, 0.2) is 11.5 Å². The van der Waals surface area contributed by atoms with Gasteiger partial charge < -0.3 is 14.8 Å². The summed E-state index contributed by atoms with van der Waals surface area (Å²) in [6.45, 7) is 2.57. The van der Waals surface area contributed by atoms with Crippen molar-refractivity contribution in [1.82, 2.24) is 9.62 Å². The van der Waals surface area contributed by atoms with E-state index in [0.29, 0.717) is 29.6 Å². The summed E-state index contributed by atoms with van der Waals surface area (Å²) in [5.74, 6) is 1.14. The molecule has 0 aromatic heterocycles. The number of ether oxygens (including phenoxy) is 2. The molecule has 0 radical (unpaired) electrons. The van der Waals surface area contributed by atoms with Gasteiger partial charge in [-0.3, -0.25) is 0 Å². The van der Waals surface area contributed by atoms with E-state index < -0.39 is 10.0 Å². The Labute approximate surface area is 142 Å². The van der Waals surface area contributed by atoms with Crippen LogP contribution in [0.5, 0.6) is 11.5 Å². The number of nitrogens with one attached hydrogen (secondary N) is 1. The summed E-state index contributed by atoms with van der Waals surface area (Å²) in [7, 11) is -3.50. The predicted molar refractivity (Wildman–Crippen MR) is 88.0 cm³/mol. The van der Waals surface area contributed by atoms with E-state index in [1.165, 1.54) is 0 Å². The van der Waals surface area contributed by atoms with Gasteiger partial charge >= 0.3 is 0 Å². The molecule has 0 aliphatic carbocycles. The van der Waals surface area contributed by atoms with Crippen molar-refractivity contribution < 1.29 is 17.9 Å². The van der Waals surface area contributed by atoms with Crippen LogP contribution in [0.2, 0.25) is 0 Å². The van der Waals surface area contributed by atoms with Crippen molar-refractivity contribution >= 4 is 22.4 Å². The van der Waals surface area contributed by atoms with Crippen LogP contribution in [0.3, 0.4) is 0 Å². The number of rotatable bonds is 2. The maximum atomic E-state index is 13.1. The summed E-state index contributed by atoms with van der Waals surface area (Å²) in [5.41, 5.74) is 0. The van der Waals surface area contributed by atoms with Gasteiger partial charge in [0.2, 0.25) is 10.0 Å². The molecule has 2 bridgehead atoms. The maximum Gasteiger partial charge on any atom is 0.243 e. The van der Waals surface area contributed by atoms with Gasteiger partial charge in [-0.1, -0.05) is 0 Å². The van der Waals surface area contributed by atoms with Gasteiger partial charge in [0.05, 0.1) is 4.90 Å². The minimum absolute atomic E-state index is 0. The van der Waals surface area contributed by atoms with E-state index in [1.54, 1.807) is 22.5 Å². The highest BCUT2D eigenvalue weighted by atomic mass is 35.5. The summed E-state index contributed by atoms with van der Waals surface area (Å²) in [5, 5.41) is 3.33. The fourth-order valence-electron chi connectivity index (χ4n) is 3.64. The summed E-state index contributed by atoms with van der Waals surface area (Å²) in [4.78, 5) is 0.301. The van der Waals surface area contributed by atoms with E-state index >= 15 is 0 Å². The van der Waals surface area contributed by atoms with Crippen LogP contribution in [-0.4, -0.2) is 51.1 Å². The molecule has 1 aromatic rings. The highest BCUT2D eigenvalue weighted by molar-refractivity contribution is 7.89. The number of fused-ring (bicyclic) bond motifs is 3. The molecule has 23 heavy (non-hydrogen) atoms. The first-order valence-corrected chi connectivity index (χ1v) is 9.24. The lowest BCUT2D eigenvalue weighted by molar-refractivity contribution is 0.171. The molecule has 3 heterocycles. The highest BCUT2D eigenvalue weighted by Gasteiger charge is 2.43. The molecule has 2 fully saturated rings.